The van der Waals surface area contributed by atoms with E-state index in [1.165, 1.54) is 0 Å². The molecule has 0 radical (unpaired) electrons. The molecule has 1 saturated heterocycles. The number of ether oxygens (including phenoxy) is 1. The first-order chi connectivity index (χ1) is 7.00. The van der Waals surface area contributed by atoms with E-state index in [1.54, 1.807) is 0 Å². The van der Waals surface area contributed by atoms with E-state index < -0.39 is 23.9 Å². The zero-order valence-electron chi connectivity index (χ0n) is 8.63. The summed E-state index contributed by atoms with van der Waals surface area (Å²) in [5.74, 6) is -5.08. The number of hydrogen-bond acceptors (Lipinski definition) is 4. The highest BCUT2D eigenvalue weighted by molar-refractivity contribution is 5.76. The Balaban J connectivity index is 2.66. The second kappa shape index (κ2) is 4.85. The smallest absolute Gasteiger partial charge is 0.328 e. The molecule has 0 aromatic carbocycles. The van der Waals surface area contributed by atoms with Crippen LogP contribution in [0, 0.1) is 5.92 Å². The lowest BCUT2D eigenvalue weighted by Crippen LogP contribution is -2.53. The van der Waals surface area contributed by atoms with Crippen LogP contribution in [0.5, 0.6) is 0 Å². The zero-order chi connectivity index (χ0) is 11.5. The van der Waals surface area contributed by atoms with Gasteiger partial charge in [-0.2, -0.15) is 0 Å². The molecular weight excluding hydrogens is 206 g/mol. The molecule has 15 heavy (non-hydrogen) atoms. The number of halogens is 2. The fourth-order valence-electron chi connectivity index (χ4n) is 1.74. The number of carbonyl (C=O) groups excluding carboxylic acids is 1. The highest BCUT2D eigenvalue weighted by atomic mass is 19.3. The van der Waals surface area contributed by atoms with Gasteiger partial charge in [0.2, 0.25) is 0 Å². The van der Waals surface area contributed by atoms with E-state index in [2.05, 4.69) is 10.1 Å². The van der Waals surface area contributed by atoms with E-state index in [1.807, 2.05) is 0 Å². The molecule has 88 valence electrons. The normalized spacial score (nSPS) is 21.1. The van der Waals surface area contributed by atoms with E-state index in [-0.39, 0.29) is 0 Å². The zero-order valence-corrected chi connectivity index (χ0v) is 8.63. The molecule has 1 heterocycles. The maximum atomic E-state index is 13.7. The van der Waals surface area contributed by atoms with Crippen molar-refractivity contribution in [2.24, 2.45) is 11.7 Å². The quantitative estimate of drug-likeness (QED) is 0.666. The lowest BCUT2D eigenvalue weighted by molar-refractivity contribution is -0.159. The van der Waals surface area contributed by atoms with E-state index >= 15 is 0 Å². The largest absolute Gasteiger partial charge is 0.468 e. The van der Waals surface area contributed by atoms with Gasteiger partial charge in [-0.15, -0.1) is 0 Å². The van der Waals surface area contributed by atoms with Gasteiger partial charge in [0.1, 0.15) is 0 Å². The number of rotatable bonds is 3. The monoisotopic (exact) mass is 222 g/mol. The van der Waals surface area contributed by atoms with Crippen molar-refractivity contribution in [3.8, 4) is 0 Å². The second-order valence-corrected chi connectivity index (χ2v) is 3.70. The predicted molar refractivity (Wildman–Crippen MR) is 50.5 cm³/mol. The van der Waals surface area contributed by atoms with Gasteiger partial charge in [-0.25, -0.2) is 8.78 Å². The molecule has 1 aliphatic rings. The lowest BCUT2D eigenvalue weighted by Gasteiger charge is -2.32. The number of esters is 1. The molecule has 1 aliphatic heterocycles. The number of carbonyl (C=O) groups is 1. The Kier molecular flexibility index (Phi) is 3.98. The highest BCUT2D eigenvalue weighted by Crippen LogP contribution is 2.33. The maximum Gasteiger partial charge on any atom is 0.328 e. The lowest BCUT2D eigenvalue weighted by atomic mass is 9.87. The van der Waals surface area contributed by atoms with Gasteiger partial charge in [0.15, 0.2) is 6.04 Å². The summed E-state index contributed by atoms with van der Waals surface area (Å²) in [6, 6.07) is -1.86. The number of piperidine rings is 1. The van der Waals surface area contributed by atoms with Crippen molar-refractivity contribution in [1.82, 2.24) is 5.32 Å². The Hall–Kier alpha value is -0.750. The van der Waals surface area contributed by atoms with Gasteiger partial charge in [0.05, 0.1) is 7.11 Å². The second-order valence-electron chi connectivity index (χ2n) is 3.70. The molecule has 3 N–H and O–H groups in total. The first kappa shape index (κ1) is 12.3. The number of hydrogen-bond donors (Lipinski definition) is 2. The van der Waals surface area contributed by atoms with E-state index in [0.29, 0.717) is 25.9 Å². The van der Waals surface area contributed by atoms with Crippen molar-refractivity contribution in [2.75, 3.05) is 20.2 Å². The topological polar surface area (TPSA) is 64.3 Å². The minimum atomic E-state index is -3.19. The van der Waals surface area contributed by atoms with E-state index in [0.717, 1.165) is 7.11 Å². The van der Waals surface area contributed by atoms with Gasteiger partial charge < -0.3 is 15.8 Å². The molecule has 1 atom stereocenters. The summed E-state index contributed by atoms with van der Waals surface area (Å²) in [4.78, 5) is 11.0. The number of nitrogens with one attached hydrogen (secondary N) is 1. The van der Waals surface area contributed by atoms with Crippen molar-refractivity contribution in [3.05, 3.63) is 0 Å². The van der Waals surface area contributed by atoms with Gasteiger partial charge >= 0.3 is 5.97 Å². The van der Waals surface area contributed by atoms with Crippen LogP contribution in [0.25, 0.3) is 0 Å². The molecular formula is C9H16F2N2O2. The van der Waals surface area contributed by atoms with Crippen molar-refractivity contribution in [2.45, 2.75) is 24.8 Å². The molecule has 0 bridgehead atoms. The van der Waals surface area contributed by atoms with Gasteiger partial charge in [-0.05, 0) is 25.9 Å². The summed E-state index contributed by atoms with van der Waals surface area (Å²) in [6.07, 6.45) is 0.662. The summed E-state index contributed by atoms with van der Waals surface area (Å²) >= 11 is 0. The summed E-state index contributed by atoms with van der Waals surface area (Å²) in [6.45, 7) is 1.07. The predicted octanol–water partition coefficient (Wildman–Crippen LogP) is 0.122. The third-order valence-corrected chi connectivity index (χ3v) is 2.75. The van der Waals surface area contributed by atoms with Crippen LogP contribution in [0.3, 0.4) is 0 Å². The molecule has 0 amide bonds. The number of alkyl halides is 2. The van der Waals surface area contributed by atoms with Gasteiger partial charge in [0.25, 0.3) is 5.92 Å². The molecule has 0 saturated carbocycles. The van der Waals surface area contributed by atoms with Gasteiger partial charge in [0, 0.05) is 5.92 Å². The van der Waals surface area contributed by atoms with Crippen LogP contribution in [0.1, 0.15) is 12.8 Å². The summed E-state index contributed by atoms with van der Waals surface area (Å²) < 4.78 is 31.6. The first-order valence-corrected chi connectivity index (χ1v) is 4.92. The van der Waals surface area contributed by atoms with Crippen LogP contribution in [-0.2, 0) is 9.53 Å². The van der Waals surface area contributed by atoms with Crippen molar-refractivity contribution >= 4 is 5.97 Å². The highest BCUT2D eigenvalue weighted by Gasteiger charge is 2.49. The van der Waals surface area contributed by atoms with Crippen LogP contribution in [0.4, 0.5) is 8.78 Å². The van der Waals surface area contributed by atoms with Crippen LogP contribution < -0.4 is 11.1 Å². The van der Waals surface area contributed by atoms with Crippen LogP contribution >= 0.6 is 0 Å². The summed E-state index contributed by atoms with van der Waals surface area (Å²) in [5.41, 5.74) is 5.19. The molecule has 0 aliphatic carbocycles. The Labute approximate surface area is 87.1 Å². The Bertz CT molecular complexity index is 230. The fourth-order valence-corrected chi connectivity index (χ4v) is 1.74. The molecule has 1 rings (SSSR count). The molecule has 0 spiro atoms. The maximum absolute atomic E-state index is 13.7. The van der Waals surface area contributed by atoms with Crippen LogP contribution in [0.2, 0.25) is 0 Å². The third kappa shape index (κ3) is 2.63. The van der Waals surface area contributed by atoms with E-state index in [9.17, 15) is 13.6 Å². The number of methoxy groups -OCH3 is 1. The van der Waals surface area contributed by atoms with Crippen molar-refractivity contribution < 1.29 is 18.3 Å². The van der Waals surface area contributed by atoms with Crippen LogP contribution in [-0.4, -0.2) is 38.1 Å². The minimum absolute atomic E-state index is 0.331. The standard InChI is InChI=1S/C9H16F2N2O2/c1-15-8(14)7(12)9(10,11)6-2-4-13-5-3-6/h6-7,13H,2-5,12H2,1H3. The number of nitrogens with two attached hydrogens (primary N) is 1. The molecule has 6 heteroatoms. The Morgan fingerprint density at radius 2 is 2.07 bits per heavy atom. The summed E-state index contributed by atoms with van der Waals surface area (Å²) in [7, 11) is 1.06. The molecule has 4 nitrogen and oxygen atoms in total. The molecule has 1 fully saturated rings. The molecule has 1 unspecified atom stereocenters. The Morgan fingerprint density at radius 3 is 2.53 bits per heavy atom. The van der Waals surface area contributed by atoms with Crippen molar-refractivity contribution in [1.29, 1.82) is 0 Å². The Morgan fingerprint density at radius 1 is 1.53 bits per heavy atom. The minimum Gasteiger partial charge on any atom is -0.468 e. The molecule has 0 aromatic heterocycles. The average molecular weight is 222 g/mol. The SMILES string of the molecule is COC(=O)C(N)C(F)(F)C1CCNCC1. The third-order valence-electron chi connectivity index (χ3n) is 2.75. The van der Waals surface area contributed by atoms with Crippen LogP contribution in [0.15, 0.2) is 0 Å². The van der Waals surface area contributed by atoms with Crippen molar-refractivity contribution in [3.63, 3.8) is 0 Å². The molecule has 0 aromatic rings. The average Bonchev–Trinajstić information content (AvgIpc) is 2.28. The first-order valence-electron chi connectivity index (χ1n) is 4.92. The van der Waals surface area contributed by atoms with Gasteiger partial charge in [-0.1, -0.05) is 0 Å². The fraction of sp³-hybridized carbons (Fsp3) is 0.889. The van der Waals surface area contributed by atoms with Gasteiger partial charge in [-0.3, -0.25) is 4.79 Å². The summed E-state index contributed by atoms with van der Waals surface area (Å²) in [5, 5.41) is 2.98. The van der Waals surface area contributed by atoms with E-state index in [4.69, 9.17) is 5.73 Å².